The van der Waals surface area contributed by atoms with Gasteiger partial charge in [-0.1, -0.05) is 0 Å². The summed E-state index contributed by atoms with van der Waals surface area (Å²) in [4.78, 5) is 6.10. The maximum Gasteiger partial charge on any atom is 0.0917 e. The Morgan fingerprint density at radius 3 is 2.75 bits per heavy atom. The zero-order valence-electron chi connectivity index (χ0n) is 12.2. The second kappa shape index (κ2) is 5.64. The van der Waals surface area contributed by atoms with Crippen molar-refractivity contribution < 1.29 is 5.11 Å². The fourth-order valence-electron chi connectivity index (χ4n) is 2.39. The van der Waals surface area contributed by atoms with Crippen LogP contribution in [0.25, 0.3) is 10.8 Å². The number of benzene rings is 1. The highest BCUT2D eigenvalue weighted by atomic mass is 16.3. The van der Waals surface area contributed by atoms with Gasteiger partial charge in [0.1, 0.15) is 0 Å². The van der Waals surface area contributed by atoms with Crippen LogP contribution in [0.4, 0.5) is 11.4 Å². The largest absolute Gasteiger partial charge is 0.398 e. The van der Waals surface area contributed by atoms with Crippen LogP contribution in [0.3, 0.4) is 0 Å². The first-order valence-corrected chi connectivity index (χ1v) is 6.62. The first-order chi connectivity index (χ1) is 9.39. The van der Waals surface area contributed by atoms with Crippen LogP contribution >= 0.6 is 0 Å². The summed E-state index contributed by atoms with van der Waals surface area (Å²) in [7, 11) is 3.88. The normalized spacial score (nSPS) is 14.4. The number of nitrogens with zero attached hydrogens (tertiary/aromatic N) is 2. The highest BCUT2D eigenvalue weighted by Gasteiger charge is 2.21. The number of nitrogens with two attached hydrogens (primary N) is 1. The Hall–Kier alpha value is -1.85. The van der Waals surface area contributed by atoms with Gasteiger partial charge in [-0.2, -0.15) is 0 Å². The summed E-state index contributed by atoms with van der Waals surface area (Å²) in [5.41, 5.74) is 6.82. The van der Waals surface area contributed by atoms with Crippen molar-refractivity contribution in [1.29, 1.82) is 0 Å². The third kappa shape index (κ3) is 3.37. The van der Waals surface area contributed by atoms with E-state index < -0.39 is 5.60 Å². The van der Waals surface area contributed by atoms with Gasteiger partial charge in [0.25, 0.3) is 0 Å². The van der Waals surface area contributed by atoms with E-state index in [9.17, 15) is 5.11 Å². The molecule has 5 heteroatoms. The summed E-state index contributed by atoms with van der Waals surface area (Å²) >= 11 is 0. The van der Waals surface area contributed by atoms with Crippen LogP contribution in [0.5, 0.6) is 0 Å². The van der Waals surface area contributed by atoms with Crippen molar-refractivity contribution >= 4 is 22.1 Å². The van der Waals surface area contributed by atoms with Crippen LogP contribution in [-0.4, -0.2) is 47.8 Å². The topological polar surface area (TPSA) is 74.4 Å². The molecule has 20 heavy (non-hydrogen) atoms. The minimum atomic E-state index is -0.806. The van der Waals surface area contributed by atoms with E-state index in [0.29, 0.717) is 13.1 Å². The van der Waals surface area contributed by atoms with Crippen LogP contribution in [0.2, 0.25) is 0 Å². The molecule has 2 aromatic rings. The zero-order valence-corrected chi connectivity index (χ0v) is 12.2. The van der Waals surface area contributed by atoms with Gasteiger partial charge in [0.15, 0.2) is 0 Å². The molecule has 0 aliphatic rings. The molecule has 0 bridgehead atoms. The first kappa shape index (κ1) is 14.6. The van der Waals surface area contributed by atoms with Gasteiger partial charge in [0, 0.05) is 47.6 Å². The van der Waals surface area contributed by atoms with Crippen LogP contribution < -0.4 is 11.1 Å². The van der Waals surface area contributed by atoms with Gasteiger partial charge < -0.3 is 21.1 Å². The Kier molecular flexibility index (Phi) is 4.11. The maximum atomic E-state index is 10.3. The van der Waals surface area contributed by atoms with Gasteiger partial charge in [0.2, 0.25) is 0 Å². The minimum absolute atomic E-state index is 0.457. The van der Waals surface area contributed by atoms with Gasteiger partial charge in [-0.15, -0.1) is 0 Å². The number of pyridine rings is 1. The summed E-state index contributed by atoms with van der Waals surface area (Å²) in [6.45, 7) is 2.86. The van der Waals surface area contributed by atoms with Crippen LogP contribution in [0.15, 0.2) is 30.6 Å². The molecule has 0 saturated carbocycles. The molecule has 0 radical (unpaired) electrons. The monoisotopic (exact) mass is 274 g/mol. The number of anilines is 2. The number of fused-ring (bicyclic) bond motifs is 1. The average Bonchev–Trinajstić information content (AvgIpc) is 2.37. The molecule has 5 nitrogen and oxygen atoms in total. The van der Waals surface area contributed by atoms with Gasteiger partial charge in [-0.3, -0.25) is 4.98 Å². The fourth-order valence-corrected chi connectivity index (χ4v) is 2.39. The summed E-state index contributed by atoms with van der Waals surface area (Å²) in [5.74, 6) is 0. The van der Waals surface area contributed by atoms with E-state index in [0.717, 1.165) is 22.1 Å². The Labute approximate surface area is 119 Å². The lowest BCUT2D eigenvalue weighted by molar-refractivity contribution is 0.0460. The van der Waals surface area contributed by atoms with Crippen molar-refractivity contribution in [3.8, 4) is 0 Å². The molecule has 1 heterocycles. The Bertz CT molecular complexity index is 595. The second-order valence-corrected chi connectivity index (χ2v) is 5.71. The van der Waals surface area contributed by atoms with Crippen LogP contribution in [0, 0.1) is 0 Å². The van der Waals surface area contributed by atoms with E-state index in [2.05, 4.69) is 10.3 Å². The maximum absolute atomic E-state index is 10.3. The molecule has 1 aromatic heterocycles. The molecule has 1 unspecified atom stereocenters. The van der Waals surface area contributed by atoms with Gasteiger partial charge in [-0.05, 0) is 39.2 Å². The summed E-state index contributed by atoms with van der Waals surface area (Å²) in [6.07, 6.45) is 3.51. The Morgan fingerprint density at radius 2 is 2.05 bits per heavy atom. The molecule has 1 aromatic carbocycles. The quantitative estimate of drug-likeness (QED) is 0.721. The molecule has 0 spiro atoms. The third-order valence-electron chi connectivity index (χ3n) is 3.17. The van der Waals surface area contributed by atoms with Gasteiger partial charge in [-0.25, -0.2) is 0 Å². The lowest BCUT2D eigenvalue weighted by atomic mass is 10.1. The number of nitrogens with one attached hydrogen (secondary N) is 1. The van der Waals surface area contributed by atoms with Crippen molar-refractivity contribution in [1.82, 2.24) is 9.88 Å². The number of rotatable bonds is 5. The van der Waals surface area contributed by atoms with Crippen molar-refractivity contribution in [3.05, 3.63) is 30.6 Å². The van der Waals surface area contributed by atoms with Gasteiger partial charge in [0.05, 0.1) is 5.60 Å². The van der Waals surface area contributed by atoms with Crippen molar-refractivity contribution in [2.75, 3.05) is 38.2 Å². The third-order valence-corrected chi connectivity index (χ3v) is 3.17. The smallest absolute Gasteiger partial charge is 0.0917 e. The molecule has 0 aliphatic carbocycles. The predicted octanol–water partition coefficient (Wildman–Crippen LogP) is 1.54. The summed E-state index contributed by atoms with van der Waals surface area (Å²) in [6, 6.07) is 5.68. The van der Waals surface area contributed by atoms with Crippen LogP contribution in [0.1, 0.15) is 6.92 Å². The fraction of sp³-hybridized carbons (Fsp3) is 0.400. The number of aromatic nitrogens is 1. The van der Waals surface area contributed by atoms with E-state index in [4.69, 9.17) is 5.73 Å². The lowest BCUT2D eigenvalue weighted by Crippen LogP contribution is -2.43. The molecule has 0 aliphatic heterocycles. The van der Waals surface area contributed by atoms with E-state index in [1.165, 1.54) is 0 Å². The van der Waals surface area contributed by atoms with Crippen molar-refractivity contribution in [2.24, 2.45) is 0 Å². The summed E-state index contributed by atoms with van der Waals surface area (Å²) < 4.78 is 0. The number of nitrogen functional groups attached to an aromatic ring is 1. The SMILES string of the molecule is CN(C)CC(C)(O)CNc1ccc(N)c2ccncc12. The lowest BCUT2D eigenvalue weighted by Gasteiger charge is -2.27. The number of aliphatic hydroxyl groups is 1. The molecular weight excluding hydrogens is 252 g/mol. The molecule has 108 valence electrons. The highest BCUT2D eigenvalue weighted by Crippen LogP contribution is 2.27. The molecule has 0 saturated heterocycles. The average molecular weight is 274 g/mol. The zero-order chi connectivity index (χ0) is 14.8. The number of hydrogen-bond acceptors (Lipinski definition) is 5. The highest BCUT2D eigenvalue weighted by molar-refractivity contribution is 6.00. The molecule has 0 amide bonds. The number of hydrogen-bond donors (Lipinski definition) is 3. The Morgan fingerprint density at radius 1 is 1.30 bits per heavy atom. The first-order valence-electron chi connectivity index (χ1n) is 6.62. The van der Waals surface area contributed by atoms with E-state index >= 15 is 0 Å². The molecule has 2 rings (SSSR count). The molecule has 0 fully saturated rings. The van der Waals surface area contributed by atoms with E-state index in [1.54, 1.807) is 12.4 Å². The predicted molar refractivity (Wildman–Crippen MR) is 83.8 cm³/mol. The summed E-state index contributed by atoms with van der Waals surface area (Å²) in [5, 5.41) is 15.6. The van der Waals surface area contributed by atoms with Crippen molar-refractivity contribution in [3.63, 3.8) is 0 Å². The minimum Gasteiger partial charge on any atom is -0.398 e. The van der Waals surface area contributed by atoms with Crippen molar-refractivity contribution in [2.45, 2.75) is 12.5 Å². The second-order valence-electron chi connectivity index (χ2n) is 5.71. The standard InChI is InChI=1S/C15H22N4O/c1-15(20,10-19(2)3)9-18-14-5-4-13(16)11-6-7-17-8-12(11)14/h4-8,18,20H,9-10,16H2,1-3H3. The number of likely N-dealkylation sites (N-methyl/N-ethyl adjacent to an activating group) is 1. The van der Waals surface area contributed by atoms with E-state index in [-0.39, 0.29) is 0 Å². The molecule has 1 atom stereocenters. The molecular formula is C15H22N4O. The molecule has 4 N–H and O–H groups in total. The Balaban J connectivity index is 2.21. The van der Waals surface area contributed by atoms with Crippen LogP contribution in [-0.2, 0) is 0 Å². The van der Waals surface area contributed by atoms with Gasteiger partial charge >= 0.3 is 0 Å². The van der Waals surface area contributed by atoms with E-state index in [1.807, 2.05) is 44.1 Å².